The van der Waals surface area contributed by atoms with Crippen LogP contribution < -0.4 is 0 Å². The number of carboxylic acid groups (broad SMARTS) is 2. The molecule has 0 aromatic rings. The summed E-state index contributed by atoms with van der Waals surface area (Å²) in [5.41, 5.74) is -0.142. The Balaban J connectivity index is 2.51. The highest BCUT2D eigenvalue weighted by molar-refractivity contribution is 6.01. The fourth-order valence-electron chi connectivity index (χ4n) is 2.40. The van der Waals surface area contributed by atoms with Gasteiger partial charge in [-0.15, -0.1) is 0 Å². The molecule has 5 heteroatoms. The van der Waals surface area contributed by atoms with Gasteiger partial charge in [0.15, 0.2) is 0 Å². The Morgan fingerprint density at radius 1 is 1.00 bits per heavy atom. The van der Waals surface area contributed by atoms with Crippen molar-refractivity contribution in [1.82, 2.24) is 0 Å². The molecule has 2 heterocycles. The molecule has 82 valence electrons. The average Bonchev–Trinajstić information content (AvgIpc) is 2.64. The number of aliphatic carboxylic acids is 2. The second-order valence-electron chi connectivity index (χ2n) is 4.13. The van der Waals surface area contributed by atoms with E-state index >= 15 is 0 Å². The maximum Gasteiger partial charge on any atom is 0.334 e. The Morgan fingerprint density at radius 3 is 1.60 bits per heavy atom. The van der Waals surface area contributed by atoms with Gasteiger partial charge in [0.25, 0.3) is 0 Å². The number of fused-ring (bicyclic) bond motifs is 2. The normalized spacial score (nSPS) is 38.5. The first-order valence-electron chi connectivity index (χ1n) is 4.81. The van der Waals surface area contributed by atoms with E-state index in [-0.39, 0.29) is 23.0 Å². The fourth-order valence-corrected chi connectivity index (χ4v) is 2.40. The molecule has 1 fully saturated rings. The molecule has 2 aliphatic rings. The molecule has 0 spiro atoms. The van der Waals surface area contributed by atoms with Crippen LogP contribution in [0.1, 0.15) is 13.8 Å². The van der Waals surface area contributed by atoms with Crippen LogP contribution in [0.15, 0.2) is 11.1 Å². The van der Waals surface area contributed by atoms with Gasteiger partial charge >= 0.3 is 11.9 Å². The van der Waals surface area contributed by atoms with Gasteiger partial charge in [-0.1, -0.05) is 13.8 Å². The van der Waals surface area contributed by atoms with Crippen molar-refractivity contribution < 1.29 is 24.5 Å². The molecule has 0 saturated carbocycles. The molecule has 0 aromatic heterocycles. The van der Waals surface area contributed by atoms with Crippen LogP contribution in [-0.4, -0.2) is 34.4 Å². The molecule has 2 aliphatic heterocycles. The molecule has 0 aliphatic carbocycles. The van der Waals surface area contributed by atoms with E-state index in [2.05, 4.69) is 0 Å². The molecular weight excluding hydrogens is 200 g/mol. The van der Waals surface area contributed by atoms with Crippen molar-refractivity contribution in [2.24, 2.45) is 11.8 Å². The Kier molecular flexibility index (Phi) is 2.08. The third kappa shape index (κ3) is 1.19. The van der Waals surface area contributed by atoms with Crippen molar-refractivity contribution in [1.29, 1.82) is 0 Å². The van der Waals surface area contributed by atoms with Gasteiger partial charge in [-0.05, 0) is 11.8 Å². The number of ether oxygens (including phenoxy) is 1. The smallest absolute Gasteiger partial charge is 0.334 e. The van der Waals surface area contributed by atoms with E-state index in [0.29, 0.717) is 0 Å². The Bertz CT molecular complexity index is 336. The molecule has 4 atom stereocenters. The first-order chi connectivity index (χ1) is 6.95. The van der Waals surface area contributed by atoms with Gasteiger partial charge in [0.2, 0.25) is 0 Å². The van der Waals surface area contributed by atoms with Crippen molar-refractivity contribution in [3.8, 4) is 0 Å². The van der Waals surface area contributed by atoms with E-state index in [0.717, 1.165) is 0 Å². The largest absolute Gasteiger partial charge is 0.478 e. The minimum Gasteiger partial charge on any atom is -0.478 e. The van der Waals surface area contributed by atoms with Gasteiger partial charge in [-0.2, -0.15) is 0 Å². The van der Waals surface area contributed by atoms with Crippen molar-refractivity contribution in [2.75, 3.05) is 0 Å². The highest BCUT2D eigenvalue weighted by atomic mass is 16.5. The highest BCUT2D eigenvalue weighted by Crippen LogP contribution is 2.46. The lowest BCUT2D eigenvalue weighted by molar-refractivity contribution is -0.136. The zero-order chi connectivity index (χ0) is 11.3. The van der Waals surface area contributed by atoms with Crippen molar-refractivity contribution in [3.63, 3.8) is 0 Å². The average molecular weight is 212 g/mol. The van der Waals surface area contributed by atoms with Crippen molar-refractivity contribution >= 4 is 11.9 Å². The summed E-state index contributed by atoms with van der Waals surface area (Å²) in [6.07, 6.45) is -1.12. The molecule has 2 bridgehead atoms. The topological polar surface area (TPSA) is 83.8 Å². The van der Waals surface area contributed by atoms with Crippen molar-refractivity contribution in [2.45, 2.75) is 26.1 Å². The first-order valence-corrected chi connectivity index (χ1v) is 4.81. The van der Waals surface area contributed by atoms with Gasteiger partial charge in [0.1, 0.15) is 0 Å². The van der Waals surface area contributed by atoms with E-state index in [4.69, 9.17) is 14.9 Å². The van der Waals surface area contributed by atoms with Gasteiger partial charge in [0.05, 0.1) is 23.4 Å². The molecular formula is C10H12O5. The zero-order valence-corrected chi connectivity index (χ0v) is 8.43. The number of rotatable bonds is 2. The molecule has 5 nitrogen and oxygen atoms in total. The first kappa shape index (κ1) is 10.2. The summed E-state index contributed by atoms with van der Waals surface area (Å²) in [7, 11) is 0. The van der Waals surface area contributed by atoms with E-state index < -0.39 is 24.1 Å². The molecule has 0 amide bonds. The monoisotopic (exact) mass is 212 g/mol. The molecule has 1 saturated heterocycles. The van der Waals surface area contributed by atoms with Crippen LogP contribution in [0.4, 0.5) is 0 Å². The molecule has 2 N–H and O–H groups in total. The summed E-state index contributed by atoms with van der Waals surface area (Å²) >= 11 is 0. The summed E-state index contributed by atoms with van der Waals surface area (Å²) in [5, 5.41) is 17.9. The summed E-state index contributed by atoms with van der Waals surface area (Å²) < 4.78 is 5.41. The lowest BCUT2D eigenvalue weighted by Crippen LogP contribution is -2.31. The molecule has 0 radical (unpaired) electrons. The third-order valence-electron chi connectivity index (χ3n) is 3.40. The standard InChI is InChI=1S/C10H12O5/c1-3-4(2)8-6(10(13)14)5(9(11)12)7(3)15-8/h3-4,7-8H,1-2H3,(H,11,12)(H,13,14). The lowest BCUT2D eigenvalue weighted by Gasteiger charge is -2.22. The van der Waals surface area contributed by atoms with E-state index in [1.54, 1.807) is 0 Å². The van der Waals surface area contributed by atoms with E-state index in [9.17, 15) is 9.59 Å². The molecule has 4 unspecified atom stereocenters. The predicted octanol–water partition coefficient (Wildman–Crippen LogP) is 0.505. The Labute approximate surface area is 86.3 Å². The van der Waals surface area contributed by atoms with Crippen LogP contribution in [0.3, 0.4) is 0 Å². The van der Waals surface area contributed by atoms with Gasteiger partial charge in [0, 0.05) is 0 Å². The minimum absolute atomic E-state index is 0.0594. The summed E-state index contributed by atoms with van der Waals surface area (Å²) in [6, 6.07) is 0. The SMILES string of the molecule is CC1C2OC(C(C(=O)O)=C2C(=O)O)C1C. The maximum absolute atomic E-state index is 11.0. The van der Waals surface area contributed by atoms with Crippen LogP contribution in [0, 0.1) is 11.8 Å². The van der Waals surface area contributed by atoms with Gasteiger partial charge in [-0.3, -0.25) is 0 Å². The number of hydrogen-bond donors (Lipinski definition) is 2. The van der Waals surface area contributed by atoms with Crippen LogP contribution >= 0.6 is 0 Å². The quantitative estimate of drug-likeness (QED) is 0.696. The summed E-state index contributed by atoms with van der Waals surface area (Å²) in [5.74, 6) is -2.24. The number of carbonyl (C=O) groups is 2. The summed E-state index contributed by atoms with van der Waals surface area (Å²) in [6.45, 7) is 3.77. The molecule has 2 rings (SSSR count). The Hall–Kier alpha value is -1.36. The van der Waals surface area contributed by atoms with Crippen LogP contribution in [0.2, 0.25) is 0 Å². The second kappa shape index (κ2) is 3.06. The predicted molar refractivity (Wildman–Crippen MR) is 49.3 cm³/mol. The van der Waals surface area contributed by atoms with Crippen molar-refractivity contribution in [3.05, 3.63) is 11.1 Å². The van der Waals surface area contributed by atoms with Crippen LogP contribution in [-0.2, 0) is 14.3 Å². The van der Waals surface area contributed by atoms with E-state index in [1.165, 1.54) is 0 Å². The number of hydrogen-bond acceptors (Lipinski definition) is 3. The minimum atomic E-state index is -1.18. The number of carboxylic acids is 2. The molecule has 0 aromatic carbocycles. The second-order valence-corrected chi connectivity index (χ2v) is 4.13. The van der Waals surface area contributed by atoms with Crippen LogP contribution in [0.25, 0.3) is 0 Å². The highest BCUT2D eigenvalue weighted by Gasteiger charge is 2.54. The van der Waals surface area contributed by atoms with E-state index in [1.807, 2.05) is 13.8 Å². The zero-order valence-electron chi connectivity index (χ0n) is 8.43. The maximum atomic E-state index is 11.0. The van der Waals surface area contributed by atoms with Gasteiger partial charge < -0.3 is 14.9 Å². The third-order valence-corrected chi connectivity index (χ3v) is 3.40. The Morgan fingerprint density at radius 2 is 1.33 bits per heavy atom. The summed E-state index contributed by atoms with van der Waals surface area (Å²) in [4.78, 5) is 21.9. The molecule has 15 heavy (non-hydrogen) atoms. The lowest BCUT2D eigenvalue weighted by atomic mass is 9.78. The van der Waals surface area contributed by atoms with Gasteiger partial charge in [-0.25, -0.2) is 9.59 Å². The fraction of sp³-hybridized carbons (Fsp3) is 0.600. The van der Waals surface area contributed by atoms with Crippen LogP contribution in [0.5, 0.6) is 0 Å².